The number of carbonyl (C=O) groups is 2. The molecule has 61 heavy (non-hydrogen) atoms. The van der Waals surface area contributed by atoms with E-state index in [0.717, 1.165) is 70.6 Å². The minimum Gasteiger partial charge on any atom is -0.466 e. The van der Waals surface area contributed by atoms with E-state index >= 15 is 0 Å². The number of allylic oxidation sites excluding steroid dienone is 5. The number of aliphatic hydroxyl groups excluding tert-OH is 5. The van der Waals surface area contributed by atoms with E-state index in [1.165, 1.54) is 103 Å². The molecule has 11 nitrogen and oxygen atoms in total. The van der Waals surface area contributed by atoms with Gasteiger partial charge in [0.2, 0.25) is 5.91 Å². The fraction of sp³-hybridized carbons (Fsp3) is 0.840. The molecule has 0 saturated carbocycles. The first-order valence-corrected chi connectivity index (χ1v) is 24.8. The summed E-state index contributed by atoms with van der Waals surface area (Å²) in [5.74, 6) is -0.263. The Kier molecular flexibility index (Phi) is 37.9. The third kappa shape index (κ3) is 31.4. The lowest BCUT2D eigenvalue weighted by molar-refractivity contribution is -0.302. The molecule has 1 saturated heterocycles. The molecule has 11 heteroatoms. The van der Waals surface area contributed by atoms with Gasteiger partial charge in [-0.1, -0.05) is 153 Å². The van der Waals surface area contributed by atoms with Gasteiger partial charge in [-0.25, -0.2) is 0 Å². The van der Waals surface area contributed by atoms with Crippen molar-refractivity contribution in [3.05, 3.63) is 36.5 Å². The maximum absolute atomic E-state index is 12.9. The topological polar surface area (TPSA) is 175 Å². The van der Waals surface area contributed by atoms with Crippen LogP contribution in [0.5, 0.6) is 0 Å². The maximum Gasteiger partial charge on any atom is 0.305 e. The van der Waals surface area contributed by atoms with Gasteiger partial charge >= 0.3 is 5.97 Å². The summed E-state index contributed by atoms with van der Waals surface area (Å²) >= 11 is 0. The second-order valence-corrected chi connectivity index (χ2v) is 17.2. The molecule has 0 radical (unpaired) electrons. The minimum absolute atomic E-state index is 0.0471. The lowest BCUT2D eigenvalue weighted by atomic mass is 9.99. The van der Waals surface area contributed by atoms with Gasteiger partial charge in [-0.2, -0.15) is 0 Å². The lowest BCUT2D eigenvalue weighted by Gasteiger charge is -2.40. The Labute approximate surface area is 371 Å². The van der Waals surface area contributed by atoms with Crippen LogP contribution in [0.15, 0.2) is 36.5 Å². The average molecular weight is 866 g/mol. The van der Waals surface area contributed by atoms with Gasteiger partial charge in [0.1, 0.15) is 24.4 Å². The first-order valence-electron chi connectivity index (χ1n) is 24.8. The number of esters is 1. The van der Waals surface area contributed by atoms with Crippen LogP contribution in [0.4, 0.5) is 0 Å². The van der Waals surface area contributed by atoms with Crippen LogP contribution in [0, 0.1) is 0 Å². The van der Waals surface area contributed by atoms with Crippen molar-refractivity contribution in [3.63, 3.8) is 0 Å². The fourth-order valence-corrected chi connectivity index (χ4v) is 7.41. The third-order valence-corrected chi connectivity index (χ3v) is 11.5. The number of ether oxygens (including phenoxy) is 3. The highest BCUT2D eigenvalue weighted by Crippen LogP contribution is 2.22. The molecule has 1 aliphatic heterocycles. The second kappa shape index (κ2) is 40.6. The highest BCUT2D eigenvalue weighted by Gasteiger charge is 2.44. The van der Waals surface area contributed by atoms with Gasteiger partial charge in [0.15, 0.2) is 6.29 Å². The summed E-state index contributed by atoms with van der Waals surface area (Å²) in [4.78, 5) is 24.9. The number of aliphatic hydroxyl groups is 5. The number of nitrogens with one attached hydrogen (secondary N) is 1. The summed E-state index contributed by atoms with van der Waals surface area (Å²) in [6, 6.07) is -0.828. The van der Waals surface area contributed by atoms with Crippen LogP contribution in [-0.2, 0) is 23.8 Å². The molecule has 1 amide bonds. The van der Waals surface area contributed by atoms with E-state index in [0.29, 0.717) is 25.9 Å². The van der Waals surface area contributed by atoms with Crippen molar-refractivity contribution in [3.8, 4) is 0 Å². The number of unbranched alkanes of at least 4 members (excludes halogenated alkanes) is 23. The van der Waals surface area contributed by atoms with Crippen molar-refractivity contribution in [2.45, 2.75) is 249 Å². The van der Waals surface area contributed by atoms with Crippen LogP contribution in [0.3, 0.4) is 0 Å². The highest BCUT2D eigenvalue weighted by molar-refractivity contribution is 5.76. The number of carbonyl (C=O) groups excluding carboxylic acids is 2. The van der Waals surface area contributed by atoms with Crippen molar-refractivity contribution in [2.75, 3.05) is 19.8 Å². The van der Waals surface area contributed by atoms with Crippen LogP contribution < -0.4 is 5.32 Å². The fourth-order valence-electron chi connectivity index (χ4n) is 7.41. The van der Waals surface area contributed by atoms with Crippen molar-refractivity contribution in [1.29, 1.82) is 0 Å². The Hall–Kier alpha value is -2.12. The van der Waals surface area contributed by atoms with Crippen LogP contribution in [0.2, 0.25) is 0 Å². The van der Waals surface area contributed by atoms with E-state index in [9.17, 15) is 35.1 Å². The molecule has 1 heterocycles. The maximum atomic E-state index is 12.9. The molecule has 1 fully saturated rings. The smallest absolute Gasteiger partial charge is 0.305 e. The lowest BCUT2D eigenvalue weighted by Crippen LogP contribution is -2.60. The molecule has 0 aromatic carbocycles. The normalized spacial score (nSPS) is 20.5. The summed E-state index contributed by atoms with van der Waals surface area (Å²) in [5, 5.41) is 54.0. The van der Waals surface area contributed by atoms with Crippen molar-refractivity contribution in [1.82, 2.24) is 5.32 Å². The summed E-state index contributed by atoms with van der Waals surface area (Å²) in [6.07, 6.45) is 36.6. The summed E-state index contributed by atoms with van der Waals surface area (Å²) < 4.78 is 16.6. The van der Waals surface area contributed by atoms with Gasteiger partial charge in [0, 0.05) is 12.8 Å². The molecule has 0 aliphatic carbocycles. The number of hydrogen-bond acceptors (Lipinski definition) is 10. The van der Waals surface area contributed by atoms with E-state index in [4.69, 9.17) is 14.2 Å². The van der Waals surface area contributed by atoms with Gasteiger partial charge in [0.05, 0.1) is 32.0 Å². The first kappa shape index (κ1) is 56.9. The molecule has 0 bridgehead atoms. The first-order chi connectivity index (χ1) is 29.7. The Morgan fingerprint density at radius 3 is 1.64 bits per heavy atom. The van der Waals surface area contributed by atoms with E-state index in [-0.39, 0.29) is 18.5 Å². The number of amides is 1. The van der Waals surface area contributed by atoms with Crippen LogP contribution in [0.25, 0.3) is 0 Å². The van der Waals surface area contributed by atoms with Gasteiger partial charge in [-0.3, -0.25) is 9.59 Å². The van der Waals surface area contributed by atoms with Crippen molar-refractivity contribution >= 4 is 11.9 Å². The molecule has 0 spiro atoms. The van der Waals surface area contributed by atoms with E-state index in [2.05, 4.69) is 43.5 Å². The summed E-state index contributed by atoms with van der Waals surface area (Å²) in [7, 11) is 0. The minimum atomic E-state index is -1.58. The molecular formula is C50H91NO10. The van der Waals surface area contributed by atoms with E-state index < -0.39 is 49.5 Å². The zero-order valence-electron chi connectivity index (χ0n) is 38.6. The van der Waals surface area contributed by atoms with Crippen molar-refractivity contribution < 1.29 is 49.3 Å². The van der Waals surface area contributed by atoms with Crippen LogP contribution in [-0.4, -0.2) is 100 Å². The Balaban J connectivity index is 2.19. The molecular weight excluding hydrogens is 775 g/mol. The monoisotopic (exact) mass is 866 g/mol. The molecule has 1 rings (SSSR count). The van der Waals surface area contributed by atoms with E-state index in [1.54, 1.807) is 6.08 Å². The zero-order chi connectivity index (χ0) is 44.6. The van der Waals surface area contributed by atoms with Gasteiger partial charge < -0.3 is 45.1 Å². The summed E-state index contributed by atoms with van der Waals surface area (Å²) in [6.45, 7) is 4.18. The predicted octanol–water partition coefficient (Wildman–Crippen LogP) is 9.60. The average Bonchev–Trinajstić information content (AvgIpc) is 3.25. The molecule has 7 atom stereocenters. The van der Waals surface area contributed by atoms with Gasteiger partial charge in [-0.05, 0) is 77.0 Å². The molecule has 7 unspecified atom stereocenters. The molecule has 0 aromatic rings. The van der Waals surface area contributed by atoms with Gasteiger partial charge in [-0.15, -0.1) is 0 Å². The van der Waals surface area contributed by atoms with Crippen LogP contribution >= 0.6 is 0 Å². The number of hydrogen-bond donors (Lipinski definition) is 6. The third-order valence-electron chi connectivity index (χ3n) is 11.5. The largest absolute Gasteiger partial charge is 0.466 e. The molecule has 356 valence electrons. The Morgan fingerprint density at radius 1 is 0.590 bits per heavy atom. The van der Waals surface area contributed by atoms with E-state index in [1.807, 2.05) is 6.08 Å². The van der Waals surface area contributed by atoms with Crippen molar-refractivity contribution in [2.24, 2.45) is 0 Å². The SMILES string of the molecule is CCCC/C=C\CCCCCCCC(=O)OCCCCCCCC/C=C\CCCCCC(=O)NC(COC1OC(CO)C(O)C(O)C1O)C(O)/C=C/CCCCCCCCC. The zero-order valence-corrected chi connectivity index (χ0v) is 38.6. The second-order valence-electron chi connectivity index (χ2n) is 17.2. The summed E-state index contributed by atoms with van der Waals surface area (Å²) in [5.41, 5.74) is 0. The molecule has 6 N–H and O–H groups in total. The molecule has 0 aromatic heterocycles. The number of rotatable bonds is 41. The van der Waals surface area contributed by atoms with Crippen LogP contribution in [0.1, 0.15) is 206 Å². The highest BCUT2D eigenvalue weighted by atomic mass is 16.7. The predicted molar refractivity (Wildman–Crippen MR) is 246 cm³/mol. The standard InChI is InChI=1S/C50H91NO10/c1-3-5-7-9-11-13-17-22-26-30-34-38-46(55)59-39-35-31-27-23-19-16-14-15-18-21-25-29-33-37-45(54)51-42(43(53)36-32-28-24-20-12-10-8-6-4-2)41-60-50-49(58)48(57)47(56)44(40-52)61-50/h9,11,15,18,32,36,42-44,47-50,52-53,56-58H,3-8,10,12-14,16-17,19-31,33-35,37-41H2,1-2H3,(H,51,54)/b11-9-,18-15-,36-32+. The Bertz CT molecular complexity index is 1110. The Morgan fingerprint density at radius 2 is 1.07 bits per heavy atom. The quantitative estimate of drug-likeness (QED) is 0.0197. The molecule has 1 aliphatic rings. The van der Waals surface area contributed by atoms with Gasteiger partial charge in [0.25, 0.3) is 0 Å².